The van der Waals surface area contributed by atoms with E-state index in [2.05, 4.69) is 6.58 Å². The van der Waals surface area contributed by atoms with Crippen molar-refractivity contribution in [2.45, 2.75) is 6.92 Å². The van der Waals surface area contributed by atoms with Crippen molar-refractivity contribution >= 4 is 33.7 Å². The van der Waals surface area contributed by atoms with E-state index in [1.807, 2.05) is 0 Å². The van der Waals surface area contributed by atoms with Crippen LogP contribution < -0.4 is 0 Å². The van der Waals surface area contributed by atoms with Gasteiger partial charge in [0, 0.05) is 6.92 Å². The molecule has 0 saturated heterocycles. The zero-order chi connectivity index (χ0) is 7.44. The predicted octanol–water partition coefficient (Wildman–Crippen LogP) is 1.55. The molecule has 0 aromatic heterocycles. The van der Waals surface area contributed by atoms with Gasteiger partial charge in [-0.1, -0.05) is 6.58 Å². The third-order valence-corrected chi connectivity index (χ3v) is 1.55. The zero-order valence-electron chi connectivity index (χ0n) is 4.81. The molecule has 0 atom stereocenters. The smallest absolute Gasteiger partial charge is 0.258 e. The first-order valence-electron chi connectivity index (χ1n) is 2.11. The van der Waals surface area contributed by atoms with Gasteiger partial charge in [0.1, 0.15) is 0 Å². The zero-order valence-corrected chi connectivity index (χ0v) is 6.38. The minimum atomic E-state index is -0.671. The van der Waals surface area contributed by atoms with Gasteiger partial charge in [-0.25, -0.2) is 0 Å². The molecule has 0 fully saturated rings. The van der Waals surface area contributed by atoms with Crippen molar-refractivity contribution in [1.29, 1.82) is 0 Å². The number of thioether (sulfide) groups is 1. The number of halogens is 1. The van der Waals surface area contributed by atoms with Gasteiger partial charge in [0.15, 0.2) is 5.12 Å². The third kappa shape index (κ3) is 4.24. The van der Waals surface area contributed by atoms with Gasteiger partial charge in [-0.05, 0) is 23.4 Å². The molecule has 0 aromatic carbocycles. The molecule has 0 radical (unpaired) electrons. The van der Waals surface area contributed by atoms with Crippen LogP contribution in [0, 0.1) is 0 Å². The second-order valence-corrected chi connectivity index (χ2v) is 2.91. The molecule has 0 rings (SSSR count). The molecular weight excluding hydrogens is 160 g/mol. The molecular formula is C5H5ClO2S. The van der Waals surface area contributed by atoms with Gasteiger partial charge >= 0.3 is 0 Å². The minimum Gasteiger partial charge on any atom is -0.287 e. The Bertz CT molecular complexity index is 164. The van der Waals surface area contributed by atoms with Gasteiger partial charge in [-0.15, -0.1) is 0 Å². The first kappa shape index (κ1) is 8.72. The summed E-state index contributed by atoms with van der Waals surface area (Å²) in [6.45, 7) is 4.60. The van der Waals surface area contributed by atoms with E-state index in [4.69, 9.17) is 11.6 Å². The summed E-state index contributed by atoms with van der Waals surface area (Å²) in [6.07, 6.45) is 0. The van der Waals surface area contributed by atoms with Crippen LogP contribution in [-0.2, 0) is 9.59 Å². The molecule has 0 N–H and O–H groups in total. The van der Waals surface area contributed by atoms with Crippen molar-refractivity contribution in [3.8, 4) is 0 Å². The topological polar surface area (TPSA) is 34.1 Å². The van der Waals surface area contributed by atoms with E-state index in [1.165, 1.54) is 6.92 Å². The summed E-state index contributed by atoms with van der Waals surface area (Å²) >= 11 is 5.71. The Kier molecular flexibility index (Phi) is 3.58. The molecule has 0 bridgehead atoms. The summed E-state index contributed by atoms with van der Waals surface area (Å²) in [5.74, 6) is 0. The molecule has 0 aromatic rings. The lowest BCUT2D eigenvalue weighted by atomic mass is 10.7. The molecule has 0 aliphatic carbocycles. The first-order chi connectivity index (χ1) is 4.04. The predicted molar refractivity (Wildman–Crippen MR) is 38.3 cm³/mol. The van der Waals surface area contributed by atoms with Crippen molar-refractivity contribution in [3.63, 3.8) is 0 Å². The molecule has 0 unspecified atom stereocenters. The van der Waals surface area contributed by atoms with E-state index in [1.54, 1.807) is 0 Å². The molecule has 0 aliphatic rings. The van der Waals surface area contributed by atoms with Gasteiger partial charge in [0.25, 0.3) is 5.24 Å². The maximum atomic E-state index is 10.2. The van der Waals surface area contributed by atoms with Crippen LogP contribution in [0.4, 0.5) is 0 Å². The van der Waals surface area contributed by atoms with E-state index in [-0.39, 0.29) is 10.0 Å². The van der Waals surface area contributed by atoms with Crippen LogP contribution in [0.15, 0.2) is 11.5 Å². The molecule has 4 heteroatoms. The fourth-order valence-electron chi connectivity index (χ4n) is 0.214. The second-order valence-electron chi connectivity index (χ2n) is 1.29. The summed E-state index contributed by atoms with van der Waals surface area (Å²) < 4.78 is 0. The Morgan fingerprint density at radius 2 is 2.00 bits per heavy atom. The van der Waals surface area contributed by atoms with E-state index >= 15 is 0 Å². The Labute approximate surface area is 62.3 Å². The summed E-state index contributed by atoms with van der Waals surface area (Å²) in [5.41, 5.74) is 0. The lowest BCUT2D eigenvalue weighted by Gasteiger charge is -1.90. The summed E-state index contributed by atoms with van der Waals surface area (Å²) in [5, 5.41) is -0.857. The van der Waals surface area contributed by atoms with Crippen LogP contribution in [0.5, 0.6) is 0 Å². The lowest BCUT2D eigenvalue weighted by molar-refractivity contribution is -0.110. The van der Waals surface area contributed by atoms with Crippen molar-refractivity contribution in [1.82, 2.24) is 0 Å². The largest absolute Gasteiger partial charge is 0.287 e. The van der Waals surface area contributed by atoms with Gasteiger partial charge in [0.05, 0.1) is 4.91 Å². The third-order valence-electron chi connectivity index (χ3n) is 0.486. The summed E-state index contributed by atoms with van der Waals surface area (Å²) in [7, 11) is 0. The second kappa shape index (κ2) is 3.69. The Balaban J connectivity index is 3.79. The van der Waals surface area contributed by atoms with Crippen LogP contribution in [0.3, 0.4) is 0 Å². The Hall–Kier alpha value is -0.280. The Morgan fingerprint density at radius 3 is 2.11 bits per heavy atom. The van der Waals surface area contributed by atoms with E-state index < -0.39 is 5.24 Å². The molecule has 0 aliphatic heterocycles. The number of carbonyl (C=O) groups excluding carboxylic acids is 2. The highest BCUT2D eigenvalue weighted by atomic mass is 35.5. The molecule has 50 valence electrons. The van der Waals surface area contributed by atoms with Crippen molar-refractivity contribution in [3.05, 3.63) is 11.5 Å². The van der Waals surface area contributed by atoms with Crippen LogP contribution in [0.25, 0.3) is 0 Å². The minimum absolute atomic E-state index is 0.0733. The maximum Gasteiger partial charge on any atom is 0.258 e. The molecule has 0 spiro atoms. The lowest BCUT2D eigenvalue weighted by Crippen LogP contribution is -1.89. The average molecular weight is 165 g/mol. The van der Waals surface area contributed by atoms with Crippen molar-refractivity contribution < 1.29 is 9.59 Å². The van der Waals surface area contributed by atoms with Crippen LogP contribution in [0.2, 0.25) is 0 Å². The van der Waals surface area contributed by atoms with Gasteiger partial charge in [-0.3, -0.25) is 9.59 Å². The highest BCUT2D eigenvalue weighted by molar-refractivity contribution is 8.17. The molecule has 2 nitrogen and oxygen atoms in total. The molecule has 0 amide bonds. The first-order valence-corrected chi connectivity index (χ1v) is 3.30. The van der Waals surface area contributed by atoms with E-state index in [0.29, 0.717) is 0 Å². The van der Waals surface area contributed by atoms with Crippen LogP contribution in [-0.4, -0.2) is 10.4 Å². The number of allylic oxidation sites excluding steroid dienone is 1. The average Bonchev–Trinajstić information content (AvgIpc) is 1.63. The van der Waals surface area contributed by atoms with Crippen LogP contribution >= 0.6 is 23.4 Å². The number of hydrogen-bond acceptors (Lipinski definition) is 3. The highest BCUT2D eigenvalue weighted by Crippen LogP contribution is 2.15. The fraction of sp³-hybridized carbons (Fsp3) is 0.200. The van der Waals surface area contributed by atoms with Crippen LogP contribution in [0.1, 0.15) is 6.92 Å². The normalized spacial score (nSPS) is 8.67. The summed E-state index contributed by atoms with van der Waals surface area (Å²) in [6, 6.07) is 0. The van der Waals surface area contributed by atoms with Crippen molar-refractivity contribution in [2.75, 3.05) is 0 Å². The Morgan fingerprint density at radius 1 is 1.56 bits per heavy atom. The molecule has 0 heterocycles. The quantitative estimate of drug-likeness (QED) is 0.459. The number of hydrogen-bond donors (Lipinski definition) is 0. The summed E-state index contributed by atoms with van der Waals surface area (Å²) in [4.78, 5) is 20.5. The van der Waals surface area contributed by atoms with Gasteiger partial charge in [-0.2, -0.15) is 0 Å². The SMILES string of the molecule is C=C(SC(C)=O)C(=O)Cl. The highest BCUT2D eigenvalue weighted by Gasteiger charge is 2.05. The van der Waals surface area contributed by atoms with Gasteiger partial charge < -0.3 is 0 Å². The fourth-order valence-corrected chi connectivity index (χ4v) is 0.757. The van der Waals surface area contributed by atoms with E-state index in [9.17, 15) is 9.59 Å². The maximum absolute atomic E-state index is 10.2. The van der Waals surface area contributed by atoms with Gasteiger partial charge in [0.2, 0.25) is 0 Å². The monoisotopic (exact) mass is 164 g/mol. The van der Waals surface area contributed by atoms with E-state index in [0.717, 1.165) is 11.8 Å². The number of rotatable bonds is 2. The van der Waals surface area contributed by atoms with Crippen molar-refractivity contribution in [2.24, 2.45) is 0 Å². The molecule has 0 saturated carbocycles. The number of carbonyl (C=O) groups is 2. The molecule has 9 heavy (non-hydrogen) atoms. The standard InChI is InChI=1S/C5H5ClO2S/c1-3(5(6)8)9-4(2)7/h1H2,2H3.